The van der Waals surface area contributed by atoms with Gasteiger partial charge in [0, 0.05) is 0 Å². The number of nitrogens with two attached hydrogens (primary N) is 1. The topological polar surface area (TPSA) is 92.6 Å². The zero-order valence-corrected chi connectivity index (χ0v) is 10.1. The van der Waals surface area contributed by atoms with E-state index in [2.05, 4.69) is 4.90 Å². The third kappa shape index (κ3) is 5.55. The number of hydrogen-bond acceptors (Lipinski definition) is 3. The summed E-state index contributed by atoms with van der Waals surface area (Å²) in [6, 6.07) is 0. The lowest BCUT2D eigenvalue weighted by atomic mass is 10.4. The molecule has 1 saturated heterocycles. The molecular formula is C10H21N3O3. The molecule has 1 unspecified atom stereocenters. The van der Waals surface area contributed by atoms with Crippen LogP contribution in [0.4, 0.5) is 0 Å². The van der Waals surface area contributed by atoms with Crippen LogP contribution in [0.5, 0.6) is 0 Å². The maximum atomic E-state index is 9.34. The van der Waals surface area contributed by atoms with Crippen molar-refractivity contribution in [1.29, 1.82) is 0 Å². The van der Waals surface area contributed by atoms with E-state index in [4.69, 9.17) is 10.8 Å². The van der Waals surface area contributed by atoms with Gasteiger partial charge in [0.25, 0.3) is 0 Å². The van der Waals surface area contributed by atoms with Gasteiger partial charge in [0.2, 0.25) is 0 Å². The highest BCUT2D eigenvalue weighted by molar-refractivity contribution is 5.73. The number of carboxylic acid groups (broad SMARTS) is 1. The van der Waals surface area contributed by atoms with Crippen molar-refractivity contribution in [2.75, 3.05) is 27.2 Å². The van der Waals surface area contributed by atoms with Crippen LogP contribution in [0.25, 0.3) is 0 Å². The Labute approximate surface area is 96.0 Å². The fraction of sp³-hybridized carbons (Fsp3) is 0.800. The summed E-state index contributed by atoms with van der Waals surface area (Å²) < 4.78 is 1.96. The van der Waals surface area contributed by atoms with E-state index < -0.39 is 12.1 Å². The summed E-state index contributed by atoms with van der Waals surface area (Å²) in [4.78, 5) is 11.6. The standard InChI is InChI=1S/C7H15N3.C3H6O3/c1-9(2)7(8)10-5-3-4-6-10;1-2(4)3(5)6/h8H,3-6H2,1-2H3;2,4H,1H3,(H,5,6). The zero-order valence-electron chi connectivity index (χ0n) is 10.1. The largest absolute Gasteiger partial charge is 0.547 e. The molecule has 0 saturated carbocycles. The van der Waals surface area contributed by atoms with Gasteiger partial charge in [-0.1, -0.05) is 0 Å². The number of carbonyl (C=O) groups excluding carboxylic acids is 1. The quantitative estimate of drug-likeness (QED) is 0.303. The number of likely N-dealkylation sites (tertiary alicyclic amines) is 1. The lowest BCUT2D eigenvalue weighted by Crippen LogP contribution is -2.40. The smallest absolute Gasteiger partial charge is 0.345 e. The lowest BCUT2D eigenvalue weighted by Gasteiger charge is -2.10. The van der Waals surface area contributed by atoms with Crippen molar-refractivity contribution >= 4 is 11.9 Å². The number of aliphatic hydroxyl groups is 1. The van der Waals surface area contributed by atoms with Gasteiger partial charge in [0.15, 0.2) is 0 Å². The number of aliphatic carboxylic acids is 1. The predicted octanol–water partition coefficient (Wildman–Crippen LogP) is -2.21. The number of carboxylic acids is 1. The first kappa shape index (κ1) is 14.7. The normalized spacial score (nSPS) is 16.1. The van der Waals surface area contributed by atoms with Crippen LogP contribution in [0, 0.1) is 0 Å². The molecule has 16 heavy (non-hydrogen) atoms. The lowest BCUT2D eigenvalue weighted by molar-refractivity contribution is -0.471. The molecular weight excluding hydrogens is 210 g/mol. The van der Waals surface area contributed by atoms with Crippen LogP contribution in [-0.2, 0) is 4.79 Å². The SMILES string of the molecule is CC(O)C(=O)[O-].C[N+](C)=C(N)N1CCCC1. The molecule has 0 aliphatic carbocycles. The Kier molecular flexibility index (Phi) is 6.48. The van der Waals surface area contributed by atoms with Crippen LogP contribution < -0.4 is 10.8 Å². The first-order valence-electron chi connectivity index (χ1n) is 5.30. The van der Waals surface area contributed by atoms with Crippen molar-refractivity contribution in [3.8, 4) is 0 Å². The van der Waals surface area contributed by atoms with E-state index in [0.29, 0.717) is 0 Å². The number of nitrogens with zero attached hydrogens (tertiary/aromatic N) is 2. The monoisotopic (exact) mass is 231 g/mol. The van der Waals surface area contributed by atoms with Gasteiger partial charge in [-0.25, -0.2) is 0 Å². The van der Waals surface area contributed by atoms with E-state index in [1.165, 1.54) is 12.8 Å². The molecule has 94 valence electrons. The van der Waals surface area contributed by atoms with Crippen molar-refractivity contribution in [2.45, 2.75) is 25.9 Å². The summed E-state index contributed by atoms with van der Waals surface area (Å²) >= 11 is 0. The van der Waals surface area contributed by atoms with Crippen molar-refractivity contribution < 1.29 is 19.6 Å². The Hall–Kier alpha value is -1.30. The molecule has 6 nitrogen and oxygen atoms in total. The predicted molar refractivity (Wildman–Crippen MR) is 58.8 cm³/mol. The van der Waals surface area contributed by atoms with Gasteiger partial charge in [-0.15, -0.1) is 0 Å². The van der Waals surface area contributed by atoms with E-state index in [1.807, 2.05) is 18.7 Å². The molecule has 0 amide bonds. The Balaban J connectivity index is 0.000000325. The van der Waals surface area contributed by atoms with Gasteiger partial charge >= 0.3 is 5.96 Å². The average molecular weight is 231 g/mol. The first-order chi connectivity index (χ1) is 7.36. The fourth-order valence-corrected chi connectivity index (χ4v) is 1.23. The van der Waals surface area contributed by atoms with Gasteiger partial charge in [0.1, 0.15) is 0 Å². The van der Waals surface area contributed by atoms with E-state index in [0.717, 1.165) is 26.0 Å². The first-order valence-corrected chi connectivity index (χ1v) is 5.30. The second-order valence-electron chi connectivity index (χ2n) is 3.94. The molecule has 0 bridgehead atoms. The Morgan fingerprint density at radius 3 is 2.06 bits per heavy atom. The van der Waals surface area contributed by atoms with Crippen LogP contribution >= 0.6 is 0 Å². The Morgan fingerprint density at radius 1 is 1.44 bits per heavy atom. The summed E-state index contributed by atoms with van der Waals surface area (Å²) in [6.07, 6.45) is 1.23. The molecule has 1 atom stereocenters. The van der Waals surface area contributed by atoms with Crippen LogP contribution in [-0.4, -0.2) is 59.8 Å². The summed E-state index contributed by atoms with van der Waals surface area (Å²) in [5, 5.41) is 17.3. The summed E-state index contributed by atoms with van der Waals surface area (Å²) in [5.74, 6) is -0.535. The molecule has 1 aliphatic rings. The molecule has 1 fully saturated rings. The molecule has 6 heteroatoms. The van der Waals surface area contributed by atoms with E-state index in [9.17, 15) is 9.90 Å². The minimum atomic E-state index is -1.44. The second-order valence-corrected chi connectivity index (χ2v) is 3.94. The van der Waals surface area contributed by atoms with Crippen molar-refractivity contribution in [3.63, 3.8) is 0 Å². The maximum absolute atomic E-state index is 9.34. The molecule has 0 aromatic carbocycles. The number of aliphatic hydroxyl groups excluding tert-OH is 1. The minimum absolute atomic E-state index is 0.900. The van der Waals surface area contributed by atoms with Gasteiger partial charge in [-0.2, -0.15) is 0 Å². The number of guanidine groups is 1. The second kappa shape index (κ2) is 7.05. The molecule has 3 N–H and O–H groups in total. The highest BCUT2D eigenvalue weighted by Gasteiger charge is 2.19. The van der Waals surface area contributed by atoms with Crippen LogP contribution in [0.15, 0.2) is 0 Å². The molecule has 0 aromatic heterocycles. The minimum Gasteiger partial charge on any atom is -0.547 e. The van der Waals surface area contributed by atoms with Gasteiger partial charge < -0.3 is 15.0 Å². The van der Waals surface area contributed by atoms with Crippen LogP contribution in [0.3, 0.4) is 0 Å². The third-order valence-electron chi connectivity index (χ3n) is 2.23. The van der Waals surface area contributed by atoms with Crippen molar-refractivity contribution in [1.82, 2.24) is 4.90 Å². The number of carbonyl (C=O) groups is 1. The summed E-state index contributed by atoms with van der Waals surface area (Å²) in [7, 11) is 3.96. The van der Waals surface area contributed by atoms with Crippen molar-refractivity contribution in [2.24, 2.45) is 5.73 Å². The molecule has 0 radical (unpaired) electrons. The maximum Gasteiger partial charge on any atom is 0.345 e. The van der Waals surface area contributed by atoms with Crippen molar-refractivity contribution in [3.05, 3.63) is 0 Å². The molecule has 0 aromatic rings. The zero-order chi connectivity index (χ0) is 12.7. The summed E-state index contributed by atoms with van der Waals surface area (Å²) in [6.45, 7) is 3.39. The highest BCUT2D eigenvalue weighted by atomic mass is 16.4. The van der Waals surface area contributed by atoms with Gasteiger partial charge in [-0.3, -0.25) is 15.2 Å². The van der Waals surface area contributed by atoms with E-state index in [-0.39, 0.29) is 0 Å². The molecule has 1 aliphatic heterocycles. The molecule has 1 heterocycles. The van der Waals surface area contributed by atoms with E-state index >= 15 is 0 Å². The number of rotatable bonds is 1. The van der Waals surface area contributed by atoms with Crippen LogP contribution in [0.2, 0.25) is 0 Å². The number of hydrogen-bond donors (Lipinski definition) is 2. The third-order valence-corrected chi connectivity index (χ3v) is 2.23. The van der Waals surface area contributed by atoms with Gasteiger partial charge in [-0.05, 0) is 19.8 Å². The average Bonchev–Trinajstić information content (AvgIpc) is 2.69. The molecule has 0 spiro atoms. The Morgan fingerprint density at radius 2 is 1.81 bits per heavy atom. The van der Waals surface area contributed by atoms with E-state index in [1.54, 1.807) is 0 Å². The summed E-state index contributed by atoms with van der Waals surface area (Å²) in [5.41, 5.74) is 5.79. The van der Waals surface area contributed by atoms with Crippen LogP contribution in [0.1, 0.15) is 19.8 Å². The molecule has 1 rings (SSSR count). The Bertz CT molecular complexity index is 254. The highest BCUT2D eigenvalue weighted by Crippen LogP contribution is 2.05. The fourth-order valence-electron chi connectivity index (χ4n) is 1.23. The van der Waals surface area contributed by atoms with Gasteiger partial charge in [0.05, 0.1) is 39.3 Å².